The summed E-state index contributed by atoms with van der Waals surface area (Å²) in [7, 11) is 0. The Morgan fingerprint density at radius 1 is 0.933 bits per heavy atom. The Bertz CT molecular complexity index is 320. The third-order valence-corrected chi connectivity index (χ3v) is 9.36. The van der Waals surface area contributed by atoms with Crippen molar-refractivity contribution in [3.05, 3.63) is 45.4 Å². The summed E-state index contributed by atoms with van der Waals surface area (Å²) < 4.78 is 3.48. The molecule has 15 heavy (non-hydrogen) atoms. The van der Waals surface area contributed by atoms with Gasteiger partial charge in [-0.05, 0) is 0 Å². The predicted octanol–water partition coefficient (Wildman–Crippen LogP) is 4.70. The van der Waals surface area contributed by atoms with Gasteiger partial charge in [0.25, 0.3) is 0 Å². The van der Waals surface area contributed by atoms with Crippen molar-refractivity contribution in [1.82, 2.24) is 0 Å². The van der Waals surface area contributed by atoms with Gasteiger partial charge in [0, 0.05) is 0 Å². The number of hydrogen-bond acceptors (Lipinski definition) is 0. The first kappa shape index (κ1) is 11.0. The van der Waals surface area contributed by atoms with Crippen LogP contribution in [-0.2, 0) is 12.8 Å². The molecule has 0 atom stereocenters. The molecule has 84 valence electrons. The molecule has 0 spiro atoms. The summed E-state index contributed by atoms with van der Waals surface area (Å²) in [4.78, 5) is 0. The van der Waals surface area contributed by atoms with E-state index < -0.39 is 12.8 Å². The molecule has 2 aliphatic rings. The van der Waals surface area contributed by atoms with Crippen molar-refractivity contribution in [2.45, 2.75) is 37.3 Å². The molecule has 0 aromatic heterocycles. The van der Waals surface area contributed by atoms with Gasteiger partial charge in [0.1, 0.15) is 0 Å². The molecule has 0 N–H and O–H groups in total. The quantitative estimate of drug-likeness (QED) is 0.628. The van der Waals surface area contributed by atoms with E-state index >= 15 is 0 Å². The van der Waals surface area contributed by atoms with E-state index in [1.54, 1.807) is 8.94 Å². The molecule has 1 heteroatoms. The molecule has 0 amide bonds. The topological polar surface area (TPSA) is 0 Å². The first-order valence-electron chi connectivity index (χ1n) is 5.70. The van der Waals surface area contributed by atoms with Crippen LogP contribution in [0.4, 0.5) is 0 Å². The third-order valence-electron chi connectivity index (χ3n) is 3.16. The molecule has 0 nitrogen and oxygen atoms in total. The Balaban J connectivity index is 2.31. The van der Waals surface area contributed by atoms with Crippen molar-refractivity contribution in [1.29, 1.82) is 0 Å². The minimum absolute atomic E-state index is 1.12. The molecule has 0 aromatic carbocycles. The van der Waals surface area contributed by atoms with Crippen LogP contribution in [0.5, 0.6) is 0 Å². The second kappa shape index (κ2) is 4.55. The standard InChI is InChI=1S/2C5H5.2C2H5.Fe/c2*1-2-4-5-3-1;2*1-2;/h2*1-3H,4H2;2*1H2,2H3;. The molecular weight excluding hydrogens is 224 g/mol. The van der Waals surface area contributed by atoms with Crippen molar-refractivity contribution in [2.75, 3.05) is 0 Å². The summed E-state index contributed by atoms with van der Waals surface area (Å²) >= 11 is -1.12. The van der Waals surface area contributed by atoms with Gasteiger partial charge >= 0.3 is 95.6 Å². The van der Waals surface area contributed by atoms with Crippen molar-refractivity contribution < 1.29 is 12.8 Å². The van der Waals surface area contributed by atoms with Crippen LogP contribution in [0.3, 0.4) is 0 Å². The Labute approximate surface area is 95.7 Å². The van der Waals surface area contributed by atoms with Crippen LogP contribution in [0.2, 0.25) is 10.6 Å². The fourth-order valence-corrected chi connectivity index (χ4v) is 7.35. The Kier molecular flexibility index (Phi) is 3.33. The van der Waals surface area contributed by atoms with E-state index in [2.05, 4.69) is 50.3 Å². The molecule has 0 aromatic rings. The van der Waals surface area contributed by atoms with Gasteiger partial charge in [-0.3, -0.25) is 0 Å². The van der Waals surface area contributed by atoms with Gasteiger partial charge in [0.15, 0.2) is 0 Å². The van der Waals surface area contributed by atoms with E-state index in [0.717, 1.165) is 0 Å². The number of rotatable bonds is 4. The summed E-state index contributed by atoms with van der Waals surface area (Å²) in [6.07, 6.45) is 16.3. The van der Waals surface area contributed by atoms with E-state index in [1.807, 2.05) is 0 Å². The van der Waals surface area contributed by atoms with E-state index in [9.17, 15) is 0 Å². The van der Waals surface area contributed by atoms with E-state index in [-0.39, 0.29) is 0 Å². The van der Waals surface area contributed by atoms with Crippen LogP contribution in [-0.4, -0.2) is 0 Å². The van der Waals surface area contributed by atoms with Crippen LogP contribution in [0.25, 0.3) is 0 Å². The monoisotopic (exact) mass is 244 g/mol. The minimum atomic E-state index is -1.12. The second-order valence-corrected chi connectivity index (χ2v) is 9.09. The summed E-state index contributed by atoms with van der Waals surface area (Å²) in [5.41, 5.74) is 0. The summed E-state index contributed by atoms with van der Waals surface area (Å²) in [6.45, 7) is 4.75. The van der Waals surface area contributed by atoms with Gasteiger partial charge in [0.05, 0.1) is 0 Å². The summed E-state index contributed by atoms with van der Waals surface area (Å²) in [5, 5.41) is 2.70. The molecule has 0 bridgehead atoms. The first-order chi connectivity index (χ1) is 7.33. The average molecular weight is 244 g/mol. The number of allylic oxidation sites excluding steroid dienone is 8. The van der Waals surface area contributed by atoms with Crippen LogP contribution in [0.15, 0.2) is 45.4 Å². The van der Waals surface area contributed by atoms with Crippen molar-refractivity contribution in [3.63, 3.8) is 0 Å². The molecule has 0 fully saturated rings. The zero-order chi connectivity index (χ0) is 10.7. The van der Waals surface area contributed by atoms with Crippen molar-refractivity contribution >= 4 is 0 Å². The summed E-state index contributed by atoms with van der Waals surface area (Å²) in [6, 6.07) is 0. The average Bonchev–Trinajstić information content (AvgIpc) is 2.92. The van der Waals surface area contributed by atoms with Crippen molar-refractivity contribution in [3.8, 4) is 0 Å². The Morgan fingerprint density at radius 2 is 1.40 bits per heavy atom. The fraction of sp³-hybridized carbons (Fsp3) is 0.429. The normalized spacial score (nSPS) is 20.7. The first-order valence-corrected chi connectivity index (χ1v) is 8.37. The van der Waals surface area contributed by atoms with Crippen molar-refractivity contribution in [2.24, 2.45) is 0 Å². The van der Waals surface area contributed by atoms with Gasteiger partial charge in [0.2, 0.25) is 0 Å². The van der Waals surface area contributed by atoms with Crippen LogP contribution in [0, 0.1) is 0 Å². The van der Waals surface area contributed by atoms with Gasteiger partial charge in [-0.2, -0.15) is 0 Å². The van der Waals surface area contributed by atoms with E-state index in [4.69, 9.17) is 0 Å². The van der Waals surface area contributed by atoms with Gasteiger partial charge in [-0.1, -0.05) is 0 Å². The molecule has 0 unspecified atom stereocenters. The maximum absolute atomic E-state index is 2.38. The van der Waals surface area contributed by atoms with E-state index in [1.165, 1.54) is 23.5 Å². The number of hydrogen-bond donors (Lipinski definition) is 0. The maximum atomic E-state index is 2.38. The Hall–Kier alpha value is -0.521. The van der Waals surface area contributed by atoms with Crippen LogP contribution in [0.1, 0.15) is 26.7 Å². The second-order valence-electron chi connectivity index (χ2n) is 3.73. The summed E-state index contributed by atoms with van der Waals surface area (Å²) in [5.74, 6) is 0. The fourth-order valence-electron chi connectivity index (χ4n) is 2.30. The van der Waals surface area contributed by atoms with Gasteiger partial charge in [-0.15, -0.1) is 0 Å². The molecule has 0 radical (unpaired) electrons. The third kappa shape index (κ3) is 1.79. The zero-order valence-electron chi connectivity index (χ0n) is 9.65. The molecule has 0 saturated heterocycles. The van der Waals surface area contributed by atoms with Crippen LogP contribution >= 0.6 is 0 Å². The van der Waals surface area contributed by atoms with Gasteiger partial charge in [-0.25, -0.2) is 0 Å². The zero-order valence-corrected chi connectivity index (χ0v) is 10.8. The van der Waals surface area contributed by atoms with Gasteiger partial charge < -0.3 is 0 Å². The Morgan fingerprint density at radius 3 is 1.67 bits per heavy atom. The SMILES string of the molecule is C[CH2][Fe]([CH2]C)([C]1=CC=CC1)[C]1=CC=CC1. The molecular formula is C14H20Fe. The predicted molar refractivity (Wildman–Crippen MR) is 64.6 cm³/mol. The molecule has 2 aliphatic carbocycles. The molecule has 0 aliphatic heterocycles. The molecule has 0 saturated carbocycles. The molecule has 0 heterocycles. The van der Waals surface area contributed by atoms with Crippen LogP contribution < -0.4 is 0 Å². The molecule has 2 rings (SSSR count). The van der Waals surface area contributed by atoms with E-state index in [0.29, 0.717) is 0 Å².